The molecule has 144 valence electrons. The Labute approximate surface area is 160 Å². The predicted octanol–water partition coefficient (Wildman–Crippen LogP) is 2.84. The van der Waals surface area contributed by atoms with Gasteiger partial charge in [0.1, 0.15) is 0 Å². The number of nitrogens with one attached hydrogen (secondary N) is 1. The number of nitrogens with zero attached hydrogens (tertiary/aromatic N) is 1. The molecule has 0 aliphatic carbocycles. The van der Waals surface area contributed by atoms with Crippen molar-refractivity contribution in [1.82, 2.24) is 4.31 Å². The van der Waals surface area contributed by atoms with Gasteiger partial charge in [0.15, 0.2) is 0 Å². The largest absolute Gasteiger partial charge is 0.379 e. The van der Waals surface area contributed by atoms with Gasteiger partial charge in [0.05, 0.1) is 18.1 Å². The highest BCUT2D eigenvalue weighted by atomic mass is 32.2. The molecule has 1 aliphatic heterocycles. The Balaban J connectivity index is 1.61. The number of anilines is 1. The molecule has 1 fully saturated rings. The fourth-order valence-corrected chi connectivity index (χ4v) is 4.44. The minimum Gasteiger partial charge on any atom is -0.379 e. The molecule has 0 aromatic heterocycles. The third kappa shape index (κ3) is 4.94. The molecule has 1 heterocycles. The first kappa shape index (κ1) is 19.5. The highest BCUT2D eigenvalue weighted by molar-refractivity contribution is 7.89. The predicted molar refractivity (Wildman–Crippen MR) is 104 cm³/mol. The van der Waals surface area contributed by atoms with Crippen LogP contribution in [0.25, 0.3) is 0 Å². The van der Waals surface area contributed by atoms with Crippen LogP contribution in [0.5, 0.6) is 0 Å². The molecule has 7 heteroatoms. The number of benzene rings is 2. The molecule has 1 atom stereocenters. The first-order chi connectivity index (χ1) is 13.0. The quantitative estimate of drug-likeness (QED) is 0.826. The number of amides is 1. The van der Waals surface area contributed by atoms with Gasteiger partial charge in [0.25, 0.3) is 0 Å². The second-order valence-corrected chi connectivity index (χ2v) is 8.54. The van der Waals surface area contributed by atoms with E-state index in [0.29, 0.717) is 38.4 Å². The van der Waals surface area contributed by atoms with E-state index in [2.05, 4.69) is 5.32 Å². The van der Waals surface area contributed by atoms with Gasteiger partial charge in [-0.15, -0.1) is 0 Å². The summed E-state index contributed by atoms with van der Waals surface area (Å²) in [5.41, 5.74) is 1.70. The van der Waals surface area contributed by atoms with E-state index in [0.717, 1.165) is 5.56 Å². The average Bonchev–Trinajstić information content (AvgIpc) is 2.69. The Kier molecular flexibility index (Phi) is 6.26. The minimum absolute atomic E-state index is 0.102. The average molecular weight is 388 g/mol. The standard InChI is InChI=1S/C20H24N2O4S/c1-16(17-5-3-2-4-6-17)15-20(23)21-18-7-9-19(10-8-18)27(24,25)22-11-13-26-14-12-22/h2-10,16H,11-15H2,1H3,(H,21,23)/t16-/m0/s1. The number of rotatable bonds is 6. The van der Waals surface area contributed by atoms with Crippen molar-refractivity contribution in [2.45, 2.75) is 24.2 Å². The third-order valence-corrected chi connectivity index (χ3v) is 6.52. The summed E-state index contributed by atoms with van der Waals surface area (Å²) < 4.78 is 31.8. The van der Waals surface area contributed by atoms with Crippen molar-refractivity contribution < 1.29 is 17.9 Å². The summed E-state index contributed by atoms with van der Waals surface area (Å²) in [5.74, 6) is 0.00214. The van der Waals surface area contributed by atoms with E-state index >= 15 is 0 Å². The molecule has 2 aromatic rings. The fraction of sp³-hybridized carbons (Fsp3) is 0.350. The molecule has 0 unspecified atom stereocenters. The van der Waals surface area contributed by atoms with Crippen LogP contribution >= 0.6 is 0 Å². The van der Waals surface area contributed by atoms with Crippen LogP contribution in [0.3, 0.4) is 0 Å². The summed E-state index contributed by atoms with van der Waals surface area (Å²) in [6.45, 7) is 3.54. The van der Waals surface area contributed by atoms with Gasteiger partial charge >= 0.3 is 0 Å². The molecular formula is C20H24N2O4S. The number of ether oxygens (including phenoxy) is 1. The Morgan fingerprint density at radius 2 is 1.70 bits per heavy atom. The Morgan fingerprint density at radius 3 is 2.33 bits per heavy atom. The van der Waals surface area contributed by atoms with Crippen molar-refractivity contribution >= 4 is 21.6 Å². The molecule has 1 N–H and O–H groups in total. The van der Waals surface area contributed by atoms with Crippen LogP contribution in [-0.4, -0.2) is 44.9 Å². The summed E-state index contributed by atoms with van der Waals surface area (Å²) in [7, 11) is -3.52. The first-order valence-corrected chi connectivity index (χ1v) is 10.4. The fourth-order valence-electron chi connectivity index (χ4n) is 3.04. The van der Waals surface area contributed by atoms with Gasteiger partial charge in [0, 0.05) is 25.2 Å². The topological polar surface area (TPSA) is 75.7 Å². The summed E-state index contributed by atoms with van der Waals surface area (Å²) in [5, 5.41) is 2.83. The maximum absolute atomic E-state index is 12.6. The van der Waals surface area contributed by atoms with E-state index in [-0.39, 0.29) is 16.7 Å². The second kappa shape index (κ2) is 8.65. The number of hydrogen-bond donors (Lipinski definition) is 1. The van der Waals surface area contributed by atoms with Crippen molar-refractivity contribution in [3.8, 4) is 0 Å². The zero-order valence-corrected chi connectivity index (χ0v) is 16.1. The van der Waals surface area contributed by atoms with Crippen LogP contribution in [0.4, 0.5) is 5.69 Å². The van der Waals surface area contributed by atoms with Crippen LogP contribution in [-0.2, 0) is 19.6 Å². The maximum atomic E-state index is 12.6. The van der Waals surface area contributed by atoms with Crippen LogP contribution in [0.2, 0.25) is 0 Å². The summed E-state index contributed by atoms with van der Waals surface area (Å²) in [4.78, 5) is 12.5. The highest BCUT2D eigenvalue weighted by Gasteiger charge is 2.26. The second-order valence-electron chi connectivity index (χ2n) is 6.60. The number of morpholine rings is 1. The van der Waals surface area contributed by atoms with Crippen molar-refractivity contribution in [3.63, 3.8) is 0 Å². The molecule has 0 radical (unpaired) electrons. The van der Waals surface area contributed by atoms with Gasteiger partial charge in [0.2, 0.25) is 15.9 Å². The lowest BCUT2D eigenvalue weighted by molar-refractivity contribution is -0.116. The lowest BCUT2D eigenvalue weighted by Gasteiger charge is -2.26. The first-order valence-electron chi connectivity index (χ1n) is 8.99. The van der Waals surface area contributed by atoms with E-state index in [1.54, 1.807) is 12.1 Å². The normalized spacial score (nSPS) is 16.6. The SMILES string of the molecule is C[C@@H](CC(=O)Nc1ccc(S(=O)(=O)N2CCOCC2)cc1)c1ccccc1. The van der Waals surface area contributed by atoms with Gasteiger partial charge in [-0.05, 0) is 35.7 Å². The highest BCUT2D eigenvalue weighted by Crippen LogP contribution is 2.21. The number of carbonyl (C=O) groups is 1. The van der Waals surface area contributed by atoms with Crippen molar-refractivity contribution in [2.24, 2.45) is 0 Å². The molecule has 0 spiro atoms. The Morgan fingerprint density at radius 1 is 1.07 bits per heavy atom. The number of hydrogen-bond acceptors (Lipinski definition) is 4. The van der Waals surface area contributed by atoms with Gasteiger partial charge < -0.3 is 10.1 Å². The number of sulfonamides is 1. The minimum atomic E-state index is -3.52. The van der Waals surface area contributed by atoms with Crippen LogP contribution in [0.15, 0.2) is 59.5 Å². The summed E-state index contributed by atoms with van der Waals surface area (Å²) in [6.07, 6.45) is 0.359. The van der Waals surface area contributed by atoms with Crippen molar-refractivity contribution in [3.05, 3.63) is 60.2 Å². The van der Waals surface area contributed by atoms with Gasteiger partial charge in [-0.1, -0.05) is 37.3 Å². The van der Waals surface area contributed by atoms with E-state index in [1.807, 2.05) is 37.3 Å². The third-order valence-electron chi connectivity index (χ3n) is 4.61. The van der Waals surface area contributed by atoms with Crippen LogP contribution in [0.1, 0.15) is 24.8 Å². The molecule has 6 nitrogen and oxygen atoms in total. The van der Waals surface area contributed by atoms with Crippen molar-refractivity contribution in [1.29, 1.82) is 0 Å². The molecule has 1 amide bonds. The molecule has 2 aromatic carbocycles. The maximum Gasteiger partial charge on any atom is 0.243 e. The van der Waals surface area contributed by atoms with E-state index in [9.17, 15) is 13.2 Å². The lowest BCUT2D eigenvalue weighted by Crippen LogP contribution is -2.40. The van der Waals surface area contributed by atoms with Gasteiger partial charge in [-0.25, -0.2) is 8.42 Å². The van der Waals surface area contributed by atoms with Gasteiger partial charge in [-0.3, -0.25) is 4.79 Å². The van der Waals surface area contributed by atoms with E-state index in [4.69, 9.17) is 4.74 Å². The zero-order chi connectivity index (χ0) is 19.3. The zero-order valence-electron chi connectivity index (χ0n) is 15.3. The molecule has 0 saturated carbocycles. The molecule has 1 saturated heterocycles. The number of carbonyl (C=O) groups excluding carboxylic acids is 1. The molecule has 0 bridgehead atoms. The smallest absolute Gasteiger partial charge is 0.243 e. The molecule has 27 heavy (non-hydrogen) atoms. The molecule has 1 aliphatic rings. The monoisotopic (exact) mass is 388 g/mol. The van der Waals surface area contributed by atoms with Crippen molar-refractivity contribution in [2.75, 3.05) is 31.6 Å². The van der Waals surface area contributed by atoms with E-state index < -0.39 is 10.0 Å². The van der Waals surface area contributed by atoms with Crippen LogP contribution in [0, 0.1) is 0 Å². The molecule has 3 rings (SSSR count). The summed E-state index contributed by atoms with van der Waals surface area (Å²) in [6, 6.07) is 16.2. The van der Waals surface area contributed by atoms with Crippen LogP contribution < -0.4 is 5.32 Å². The Hall–Kier alpha value is -2.22. The van der Waals surface area contributed by atoms with E-state index in [1.165, 1.54) is 16.4 Å². The Bertz CT molecular complexity index is 861. The van der Waals surface area contributed by atoms with Gasteiger partial charge in [-0.2, -0.15) is 4.31 Å². The lowest BCUT2D eigenvalue weighted by atomic mass is 9.97. The molecular weight excluding hydrogens is 364 g/mol. The summed E-state index contributed by atoms with van der Waals surface area (Å²) >= 11 is 0.